The molecular formula is C14H6ClF3N2O4. The Balaban J connectivity index is 2.48. The maximum absolute atomic E-state index is 13.3. The summed E-state index contributed by atoms with van der Waals surface area (Å²) in [5.74, 6) is -1.87. The highest BCUT2D eigenvalue weighted by atomic mass is 35.5. The Labute approximate surface area is 135 Å². The highest BCUT2D eigenvalue weighted by Gasteiger charge is 2.45. The van der Waals surface area contributed by atoms with Gasteiger partial charge < -0.3 is 14.4 Å². The average Bonchev–Trinajstić information content (AvgIpc) is 3.02. The molecule has 0 spiro atoms. The van der Waals surface area contributed by atoms with E-state index in [1.54, 1.807) is 0 Å². The third kappa shape index (κ3) is 2.42. The molecule has 3 aromatic rings. The van der Waals surface area contributed by atoms with Gasteiger partial charge in [0, 0.05) is 16.0 Å². The number of hydrogen-bond donors (Lipinski definition) is 0. The van der Waals surface area contributed by atoms with Gasteiger partial charge in [-0.15, -0.1) is 0 Å². The highest BCUT2D eigenvalue weighted by Crippen LogP contribution is 2.33. The van der Waals surface area contributed by atoms with Crippen LogP contribution in [-0.4, -0.2) is 10.5 Å². The number of aromatic nitrogens is 2. The number of rotatable bonds is 2. The number of carbonyl (C=O) groups excluding carboxylic acids is 1. The van der Waals surface area contributed by atoms with Crippen LogP contribution >= 0.6 is 11.6 Å². The van der Waals surface area contributed by atoms with Crippen molar-refractivity contribution in [2.24, 2.45) is 0 Å². The lowest BCUT2D eigenvalue weighted by Gasteiger charge is -2.20. The molecule has 0 saturated carbocycles. The molecule has 124 valence electrons. The third-order valence-electron chi connectivity index (χ3n) is 3.23. The van der Waals surface area contributed by atoms with Crippen LogP contribution in [0.5, 0.6) is 0 Å². The van der Waals surface area contributed by atoms with E-state index in [1.165, 1.54) is 6.07 Å². The minimum atomic E-state index is -5.24. The SMILES string of the molecule is O=C(c1ccco1)c1c(C(F)(F)F)n([O-])c2ccc(Cl)cc2[n+]1=O. The van der Waals surface area contributed by atoms with Gasteiger partial charge in [-0.2, -0.15) is 13.2 Å². The second-order valence-electron chi connectivity index (χ2n) is 4.72. The molecule has 0 aliphatic carbocycles. The maximum atomic E-state index is 13.3. The molecule has 1 aromatic carbocycles. The third-order valence-corrected chi connectivity index (χ3v) is 3.47. The lowest BCUT2D eigenvalue weighted by molar-refractivity contribution is -0.470. The lowest BCUT2D eigenvalue weighted by Crippen LogP contribution is -2.34. The number of furan rings is 1. The number of fused-ring (bicyclic) bond motifs is 1. The summed E-state index contributed by atoms with van der Waals surface area (Å²) < 4.78 is 43.9. The van der Waals surface area contributed by atoms with Gasteiger partial charge in [-0.3, -0.25) is 4.79 Å². The van der Waals surface area contributed by atoms with Gasteiger partial charge >= 0.3 is 11.9 Å². The Morgan fingerprint density at radius 1 is 1.29 bits per heavy atom. The molecule has 0 aliphatic heterocycles. The first-order valence-corrected chi connectivity index (χ1v) is 6.73. The fourth-order valence-corrected chi connectivity index (χ4v) is 2.40. The Kier molecular flexibility index (Phi) is 3.60. The maximum Gasteiger partial charge on any atom is 0.438 e. The molecular weight excluding hydrogens is 353 g/mol. The molecule has 24 heavy (non-hydrogen) atoms. The largest absolute Gasteiger partial charge is 0.805 e. The van der Waals surface area contributed by atoms with E-state index < -0.39 is 44.9 Å². The van der Waals surface area contributed by atoms with E-state index in [-0.39, 0.29) is 9.45 Å². The summed E-state index contributed by atoms with van der Waals surface area (Å²) in [6.45, 7) is 0. The van der Waals surface area contributed by atoms with Crippen molar-refractivity contribution in [2.75, 3.05) is 0 Å². The molecule has 0 unspecified atom stereocenters. The summed E-state index contributed by atoms with van der Waals surface area (Å²) in [7, 11) is 0. The van der Waals surface area contributed by atoms with Gasteiger partial charge in [-0.1, -0.05) is 11.6 Å². The van der Waals surface area contributed by atoms with Crippen molar-refractivity contribution < 1.29 is 26.8 Å². The van der Waals surface area contributed by atoms with Gasteiger partial charge in [-0.25, -0.2) is 0 Å². The van der Waals surface area contributed by atoms with Crippen LogP contribution in [0.25, 0.3) is 11.0 Å². The summed E-state index contributed by atoms with van der Waals surface area (Å²) in [5.41, 5.74) is -4.35. The van der Waals surface area contributed by atoms with Gasteiger partial charge in [0.05, 0.1) is 10.7 Å². The standard InChI is InChI=1S/C14H6ClF3N2O4/c15-7-3-4-8-9(6-7)19(22)11(12(21)10-2-1-5-24-10)13(20(8)23)14(16,17)18/h1-6H. The van der Waals surface area contributed by atoms with Crippen molar-refractivity contribution in [2.45, 2.75) is 6.18 Å². The monoisotopic (exact) mass is 358 g/mol. The number of halogens is 4. The van der Waals surface area contributed by atoms with Gasteiger partial charge in [0.25, 0.3) is 11.3 Å². The van der Waals surface area contributed by atoms with Crippen molar-refractivity contribution in [1.29, 1.82) is 0 Å². The van der Waals surface area contributed by atoms with Crippen LogP contribution in [0.1, 0.15) is 21.9 Å². The molecule has 2 aromatic heterocycles. The van der Waals surface area contributed by atoms with Crippen LogP contribution in [0.15, 0.2) is 41.0 Å². The molecule has 10 heteroatoms. The topological polar surface area (TPSA) is 81.2 Å². The van der Waals surface area contributed by atoms with Gasteiger partial charge in [-0.05, 0) is 24.3 Å². The van der Waals surface area contributed by atoms with Gasteiger partial charge in [0.1, 0.15) is 5.52 Å². The summed E-state index contributed by atoms with van der Waals surface area (Å²) in [6.07, 6.45) is -4.18. The first-order valence-electron chi connectivity index (χ1n) is 6.35. The molecule has 3 rings (SSSR count). The quantitative estimate of drug-likeness (QED) is 0.519. The van der Waals surface area contributed by atoms with Crippen molar-refractivity contribution >= 4 is 28.4 Å². The van der Waals surface area contributed by atoms with Crippen molar-refractivity contribution in [3.8, 4) is 0 Å². The van der Waals surface area contributed by atoms with Crippen LogP contribution in [0.3, 0.4) is 0 Å². The van der Waals surface area contributed by atoms with E-state index in [0.29, 0.717) is 0 Å². The normalized spacial score (nSPS) is 11.8. The van der Waals surface area contributed by atoms with Crippen molar-refractivity contribution in [1.82, 2.24) is 4.73 Å². The Hall–Kier alpha value is -2.81. The second kappa shape index (κ2) is 5.38. The van der Waals surface area contributed by atoms with E-state index in [0.717, 1.165) is 30.5 Å². The fourth-order valence-electron chi connectivity index (χ4n) is 2.24. The molecule has 0 radical (unpaired) electrons. The van der Waals surface area contributed by atoms with Crippen LogP contribution in [-0.2, 0) is 6.18 Å². The number of alkyl halides is 3. The van der Waals surface area contributed by atoms with E-state index in [1.807, 2.05) is 0 Å². The smallest absolute Gasteiger partial charge is 0.438 e. The van der Waals surface area contributed by atoms with Gasteiger partial charge in [0.15, 0.2) is 5.76 Å². The number of ketones is 1. The van der Waals surface area contributed by atoms with Gasteiger partial charge in [0.2, 0.25) is 5.69 Å². The summed E-state index contributed by atoms with van der Waals surface area (Å²) in [4.78, 5) is 24.7. The lowest BCUT2D eigenvalue weighted by atomic mass is 10.1. The first-order chi connectivity index (χ1) is 11.2. The zero-order chi connectivity index (χ0) is 17.6. The van der Waals surface area contributed by atoms with Crippen LogP contribution in [0.2, 0.25) is 5.02 Å². The summed E-state index contributed by atoms with van der Waals surface area (Å²) in [5, 5.41) is 12.2. The minimum absolute atomic E-state index is 0.0169. The van der Waals surface area contributed by atoms with E-state index in [2.05, 4.69) is 0 Å². The molecule has 2 heterocycles. The highest BCUT2D eigenvalue weighted by molar-refractivity contribution is 6.31. The number of benzene rings is 1. The average molecular weight is 359 g/mol. The predicted octanol–water partition coefficient (Wildman–Crippen LogP) is 3.40. The molecule has 0 saturated heterocycles. The molecule has 0 N–H and O–H groups in total. The van der Waals surface area contributed by atoms with Crippen LogP contribution < -0.4 is 4.43 Å². The molecule has 0 atom stereocenters. The Morgan fingerprint density at radius 2 is 2.00 bits per heavy atom. The minimum Gasteiger partial charge on any atom is -0.805 e. The molecule has 0 amide bonds. The Morgan fingerprint density at radius 3 is 2.58 bits per heavy atom. The van der Waals surface area contributed by atoms with Crippen molar-refractivity contribution in [3.63, 3.8) is 0 Å². The number of nitrogens with zero attached hydrogens (tertiary/aromatic N) is 2. The zero-order valence-corrected chi connectivity index (χ0v) is 12.3. The van der Waals surface area contributed by atoms with Crippen molar-refractivity contribution in [3.05, 3.63) is 68.9 Å². The first kappa shape index (κ1) is 16.1. The fraction of sp³-hybridized carbons (Fsp3) is 0.0714. The molecule has 6 nitrogen and oxygen atoms in total. The predicted molar refractivity (Wildman–Crippen MR) is 76.2 cm³/mol. The molecule has 0 fully saturated rings. The number of hydrogen-bond acceptors (Lipinski definition) is 4. The van der Waals surface area contributed by atoms with E-state index >= 15 is 0 Å². The van der Waals surface area contributed by atoms with Crippen LogP contribution in [0, 0.1) is 10.1 Å². The second-order valence-corrected chi connectivity index (χ2v) is 5.16. The number of carbonyl (C=O) groups is 1. The zero-order valence-electron chi connectivity index (χ0n) is 11.5. The van der Waals surface area contributed by atoms with Crippen LogP contribution in [0.4, 0.5) is 13.2 Å². The van der Waals surface area contributed by atoms with E-state index in [4.69, 9.17) is 16.0 Å². The molecule has 0 bridgehead atoms. The summed E-state index contributed by atoms with van der Waals surface area (Å²) >= 11 is 5.71. The summed E-state index contributed by atoms with van der Waals surface area (Å²) in [6, 6.07) is 5.47. The molecule has 0 aliphatic rings. The van der Waals surface area contributed by atoms with E-state index in [9.17, 15) is 28.1 Å². The Bertz CT molecular complexity index is 1010.